The van der Waals surface area contributed by atoms with Crippen LogP contribution in [0.15, 0.2) is 54.6 Å². The molecule has 0 radical (unpaired) electrons. The minimum Gasteiger partial charge on any atom is -0.545 e. The van der Waals surface area contributed by atoms with Gasteiger partial charge in [-0.2, -0.15) is 0 Å². The molecular formula is C28H34LiN3O3. The molecule has 0 aromatic heterocycles. The number of carboxylic acid groups (broad SMARTS) is 1. The van der Waals surface area contributed by atoms with Crippen LogP contribution in [0.1, 0.15) is 60.9 Å². The normalized spacial score (nSPS) is 26.7. The quantitative estimate of drug-likeness (QED) is 0.592. The number of carboxylic acids is 1. The molecule has 7 heteroatoms. The Morgan fingerprint density at radius 3 is 2.14 bits per heavy atom. The second-order valence-electron chi connectivity index (χ2n) is 10.6. The van der Waals surface area contributed by atoms with Crippen molar-refractivity contribution in [3.8, 4) is 0 Å². The SMILES string of the molecule is CN(C)[C@]1(c2ccccc2)CC[C@@]2(CC1)CN(c1ccc(C(=O)[O-])cc1)C(=O)N2CC1CCC1.[Li+]. The molecule has 0 unspecified atom stereocenters. The molecule has 3 fully saturated rings. The summed E-state index contributed by atoms with van der Waals surface area (Å²) in [6.45, 7) is 1.48. The third-order valence-electron chi connectivity index (χ3n) is 8.74. The fourth-order valence-corrected chi connectivity index (χ4v) is 6.28. The molecule has 0 atom stereocenters. The molecule has 2 saturated carbocycles. The number of carbonyl (C=O) groups is 2. The van der Waals surface area contributed by atoms with Crippen LogP contribution in [0.25, 0.3) is 0 Å². The van der Waals surface area contributed by atoms with Gasteiger partial charge in [0.2, 0.25) is 0 Å². The zero-order chi connectivity index (χ0) is 23.9. The maximum atomic E-state index is 13.8. The summed E-state index contributed by atoms with van der Waals surface area (Å²) in [6.07, 6.45) is 7.55. The van der Waals surface area contributed by atoms with Crippen molar-refractivity contribution in [2.75, 3.05) is 32.1 Å². The van der Waals surface area contributed by atoms with Gasteiger partial charge in [-0.3, -0.25) is 9.80 Å². The van der Waals surface area contributed by atoms with Gasteiger partial charge in [-0.05, 0) is 81.8 Å². The molecule has 6 nitrogen and oxygen atoms in total. The number of carbonyl (C=O) groups excluding carboxylic acids is 2. The number of hydrogen-bond donors (Lipinski definition) is 0. The zero-order valence-corrected chi connectivity index (χ0v) is 21.2. The Morgan fingerprint density at radius 2 is 1.63 bits per heavy atom. The van der Waals surface area contributed by atoms with Crippen LogP contribution < -0.4 is 28.9 Å². The van der Waals surface area contributed by atoms with Crippen LogP contribution in [-0.4, -0.2) is 54.5 Å². The van der Waals surface area contributed by atoms with Crippen LogP contribution in [0.3, 0.4) is 0 Å². The maximum absolute atomic E-state index is 13.8. The maximum Gasteiger partial charge on any atom is 1.00 e. The van der Waals surface area contributed by atoms with E-state index in [0.717, 1.165) is 37.9 Å². The predicted octanol–water partition coefficient (Wildman–Crippen LogP) is 0.866. The first-order valence-corrected chi connectivity index (χ1v) is 12.5. The molecule has 2 aliphatic carbocycles. The van der Waals surface area contributed by atoms with E-state index in [4.69, 9.17) is 0 Å². The van der Waals surface area contributed by atoms with Gasteiger partial charge in [0.25, 0.3) is 0 Å². The Balaban J connectivity index is 0.00000289. The van der Waals surface area contributed by atoms with Crippen LogP contribution in [-0.2, 0) is 5.54 Å². The molecule has 2 aromatic carbocycles. The van der Waals surface area contributed by atoms with Gasteiger partial charge >= 0.3 is 24.9 Å². The van der Waals surface area contributed by atoms with Crippen molar-refractivity contribution in [1.82, 2.24) is 9.80 Å². The van der Waals surface area contributed by atoms with E-state index in [-0.39, 0.29) is 41.5 Å². The Hall–Kier alpha value is -2.26. The van der Waals surface area contributed by atoms with E-state index in [1.165, 1.54) is 37.0 Å². The number of anilines is 1. The molecular weight excluding hydrogens is 433 g/mol. The van der Waals surface area contributed by atoms with Crippen LogP contribution in [0.4, 0.5) is 10.5 Å². The number of rotatable bonds is 6. The standard InChI is InChI=1S/C28H35N3O3.Li/c1-29(2)28(23-9-4-3-5-10-23)17-15-27(16-18-28)20-30(24-13-11-22(12-14-24)25(32)33)26(34)31(27)19-21-7-6-8-21;/h3-5,9-14,21H,6-8,15-20H2,1-2H3,(H,32,33);/q;+1/p-1/t27-,28-;. The summed E-state index contributed by atoms with van der Waals surface area (Å²) in [5.74, 6) is -0.605. The Morgan fingerprint density at radius 1 is 1.00 bits per heavy atom. The van der Waals surface area contributed by atoms with Crippen LogP contribution >= 0.6 is 0 Å². The Kier molecular flexibility index (Phi) is 7.38. The number of urea groups is 1. The molecule has 1 saturated heterocycles. The molecule has 1 aliphatic heterocycles. The molecule has 1 heterocycles. The van der Waals surface area contributed by atoms with Gasteiger partial charge in [0.05, 0.1) is 18.1 Å². The van der Waals surface area contributed by atoms with Gasteiger partial charge in [-0.15, -0.1) is 0 Å². The smallest absolute Gasteiger partial charge is 0.545 e. The second-order valence-corrected chi connectivity index (χ2v) is 10.6. The van der Waals surface area contributed by atoms with Gasteiger partial charge in [0.1, 0.15) is 0 Å². The Bertz CT molecular complexity index is 1040. The largest absolute Gasteiger partial charge is 1.00 e. The van der Waals surface area contributed by atoms with E-state index in [9.17, 15) is 14.7 Å². The fourth-order valence-electron chi connectivity index (χ4n) is 6.28. The minimum atomic E-state index is -1.20. The average molecular weight is 468 g/mol. The number of aromatic carboxylic acids is 1. The summed E-state index contributed by atoms with van der Waals surface area (Å²) in [4.78, 5) is 31.3. The first-order valence-electron chi connectivity index (χ1n) is 12.5. The van der Waals surface area contributed by atoms with Gasteiger partial charge in [-0.1, -0.05) is 48.9 Å². The van der Waals surface area contributed by atoms with Crippen molar-refractivity contribution in [3.05, 3.63) is 65.7 Å². The van der Waals surface area contributed by atoms with Crippen molar-refractivity contribution in [2.45, 2.75) is 56.0 Å². The summed E-state index contributed by atoms with van der Waals surface area (Å²) < 4.78 is 0. The minimum absolute atomic E-state index is 0. The van der Waals surface area contributed by atoms with Crippen LogP contribution in [0.2, 0.25) is 0 Å². The molecule has 0 N–H and O–H groups in total. The average Bonchev–Trinajstić information content (AvgIpc) is 3.08. The summed E-state index contributed by atoms with van der Waals surface area (Å²) in [6, 6.07) is 17.4. The molecule has 2 aromatic rings. The predicted molar refractivity (Wildman–Crippen MR) is 131 cm³/mol. The molecule has 35 heavy (non-hydrogen) atoms. The summed E-state index contributed by atoms with van der Waals surface area (Å²) in [7, 11) is 4.34. The summed E-state index contributed by atoms with van der Waals surface area (Å²) in [5, 5.41) is 11.2. The molecule has 1 spiro atoms. The molecule has 0 bridgehead atoms. The van der Waals surface area contributed by atoms with Crippen LogP contribution in [0, 0.1) is 5.92 Å². The van der Waals surface area contributed by atoms with Gasteiger partial charge in [0, 0.05) is 17.8 Å². The van der Waals surface area contributed by atoms with E-state index in [0.29, 0.717) is 12.5 Å². The summed E-state index contributed by atoms with van der Waals surface area (Å²) in [5.41, 5.74) is 2.03. The van der Waals surface area contributed by atoms with Crippen molar-refractivity contribution in [2.24, 2.45) is 5.92 Å². The first kappa shape index (κ1) is 25.8. The van der Waals surface area contributed by atoms with Crippen molar-refractivity contribution < 1.29 is 33.6 Å². The van der Waals surface area contributed by atoms with Gasteiger partial charge < -0.3 is 14.8 Å². The van der Waals surface area contributed by atoms with E-state index in [1.807, 2.05) is 4.90 Å². The summed E-state index contributed by atoms with van der Waals surface area (Å²) >= 11 is 0. The number of nitrogens with zero attached hydrogens (tertiary/aromatic N) is 3. The number of amides is 2. The molecule has 5 rings (SSSR count). The van der Waals surface area contributed by atoms with E-state index in [1.54, 1.807) is 12.1 Å². The Labute approximate surface area is 220 Å². The topological polar surface area (TPSA) is 66.9 Å². The fraction of sp³-hybridized carbons (Fsp3) is 0.500. The molecule has 3 aliphatic rings. The van der Waals surface area contributed by atoms with Gasteiger partial charge in [0.15, 0.2) is 0 Å². The van der Waals surface area contributed by atoms with Gasteiger partial charge in [-0.25, -0.2) is 4.79 Å². The third kappa shape index (κ3) is 4.53. The monoisotopic (exact) mass is 467 g/mol. The first-order chi connectivity index (χ1) is 16.3. The van der Waals surface area contributed by atoms with E-state index < -0.39 is 5.97 Å². The zero-order valence-electron chi connectivity index (χ0n) is 21.2. The number of hydrogen-bond acceptors (Lipinski definition) is 4. The third-order valence-corrected chi connectivity index (χ3v) is 8.74. The molecule has 180 valence electrons. The second kappa shape index (κ2) is 10.0. The van der Waals surface area contributed by atoms with E-state index >= 15 is 0 Å². The van der Waals surface area contributed by atoms with Crippen molar-refractivity contribution in [1.29, 1.82) is 0 Å². The van der Waals surface area contributed by atoms with Crippen molar-refractivity contribution >= 4 is 17.7 Å². The molecule has 2 amide bonds. The number of benzene rings is 2. The van der Waals surface area contributed by atoms with Crippen LogP contribution in [0.5, 0.6) is 0 Å². The van der Waals surface area contributed by atoms with E-state index in [2.05, 4.69) is 54.2 Å². The van der Waals surface area contributed by atoms with Crippen molar-refractivity contribution in [3.63, 3.8) is 0 Å².